The lowest BCUT2D eigenvalue weighted by molar-refractivity contribution is -0.143. The Labute approximate surface area is 65.8 Å². The molecule has 3 atom stereocenters. The summed E-state index contributed by atoms with van der Waals surface area (Å²) in [7, 11) is 0. The minimum Gasteiger partial charge on any atom is -0.481 e. The summed E-state index contributed by atoms with van der Waals surface area (Å²) in [6.45, 7) is 0.685. The van der Waals surface area contributed by atoms with Gasteiger partial charge in [0.1, 0.15) is 0 Å². The number of aliphatic carboxylic acids is 1. The maximum atomic E-state index is 10.7. The van der Waals surface area contributed by atoms with E-state index < -0.39 is 5.97 Å². The van der Waals surface area contributed by atoms with E-state index in [1.807, 2.05) is 0 Å². The fourth-order valence-corrected chi connectivity index (χ4v) is 2.32. The van der Waals surface area contributed by atoms with E-state index in [1.54, 1.807) is 0 Å². The summed E-state index contributed by atoms with van der Waals surface area (Å²) in [5.74, 6) is -0.282. The largest absolute Gasteiger partial charge is 0.481 e. The maximum absolute atomic E-state index is 10.7. The fourth-order valence-electron chi connectivity index (χ4n) is 2.32. The van der Waals surface area contributed by atoms with Gasteiger partial charge in [-0.05, 0) is 25.2 Å². The summed E-state index contributed by atoms with van der Waals surface area (Å²) >= 11 is 0. The average molecular weight is 155 g/mol. The Kier molecular flexibility index (Phi) is 1.60. The molecule has 3 unspecified atom stereocenters. The van der Waals surface area contributed by atoms with Crippen LogP contribution in [0.4, 0.5) is 0 Å². The molecule has 2 rings (SSSR count). The lowest BCUT2D eigenvalue weighted by Gasteiger charge is -2.26. The van der Waals surface area contributed by atoms with Crippen molar-refractivity contribution >= 4 is 5.97 Å². The first kappa shape index (κ1) is 7.10. The van der Waals surface area contributed by atoms with Crippen molar-refractivity contribution in [2.24, 2.45) is 11.8 Å². The highest BCUT2D eigenvalue weighted by Crippen LogP contribution is 2.35. The number of rotatable bonds is 1. The van der Waals surface area contributed by atoms with Crippen molar-refractivity contribution in [3.05, 3.63) is 0 Å². The van der Waals surface area contributed by atoms with Gasteiger partial charge in [-0.1, -0.05) is 0 Å². The number of hydrogen-bond acceptors (Lipinski definition) is 2. The standard InChI is InChI=1S/C8H13NO2/c10-8(11)7-4-9-6-2-1-5(7)3-6/h5-7,9H,1-4H2,(H,10,11). The Bertz CT molecular complexity index is 181. The van der Waals surface area contributed by atoms with Crippen LogP contribution >= 0.6 is 0 Å². The molecule has 1 saturated heterocycles. The molecule has 0 amide bonds. The Morgan fingerprint density at radius 2 is 2.27 bits per heavy atom. The summed E-state index contributed by atoms with van der Waals surface area (Å²) in [6.07, 6.45) is 3.36. The van der Waals surface area contributed by atoms with Gasteiger partial charge in [-0.25, -0.2) is 0 Å². The summed E-state index contributed by atoms with van der Waals surface area (Å²) in [6, 6.07) is 0.621. The van der Waals surface area contributed by atoms with Crippen molar-refractivity contribution in [2.75, 3.05) is 6.54 Å². The molecular formula is C8H13NO2. The van der Waals surface area contributed by atoms with Crippen LogP contribution in [0.15, 0.2) is 0 Å². The van der Waals surface area contributed by atoms with Crippen molar-refractivity contribution in [2.45, 2.75) is 25.3 Å². The van der Waals surface area contributed by atoms with E-state index in [9.17, 15) is 4.79 Å². The highest BCUT2D eigenvalue weighted by molar-refractivity contribution is 5.71. The van der Waals surface area contributed by atoms with Gasteiger partial charge in [-0.2, -0.15) is 0 Å². The smallest absolute Gasteiger partial charge is 0.308 e. The lowest BCUT2D eigenvalue weighted by atomic mass is 9.88. The normalized spacial score (nSPS) is 42.4. The van der Waals surface area contributed by atoms with E-state index in [1.165, 1.54) is 6.42 Å². The van der Waals surface area contributed by atoms with Gasteiger partial charge in [0.2, 0.25) is 0 Å². The molecule has 2 aliphatic rings. The first-order valence-electron chi connectivity index (χ1n) is 4.23. The molecule has 11 heavy (non-hydrogen) atoms. The number of carbonyl (C=O) groups is 1. The van der Waals surface area contributed by atoms with Gasteiger partial charge in [0, 0.05) is 12.6 Å². The van der Waals surface area contributed by atoms with E-state index in [-0.39, 0.29) is 5.92 Å². The van der Waals surface area contributed by atoms with Crippen molar-refractivity contribution in [3.8, 4) is 0 Å². The first-order valence-corrected chi connectivity index (χ1v) is 4.23. The zero-order valence-corrected chi connectivity index (χ0v) is 6.42. The molecule has 0 aromatic carbocycles. The molecule has 0 radical (unpaired) electrons. The third kappa shape index (κ3) is 1.13. The number of hydrogen-bond donors (Lipinski definition) is 2. The van der Waals surface area contributed by atoms with Crippen molar-refractivity contribution in [1.82, 2.24) is 5.32 Å². The van der Waals surface area contributed by atoms with Crippen LogP contribution in [-0.4, -0.2) is 23.7 Å². The van der Waals surface area contributed by atoms with E-state index in [2.05, 4.69) is 5.32 Å². The van der Waals surface area contributed by atoms with Crippen LogP contribution in [0.2, 0.25) is 0 Å². The summed E-state index contributed by atoms with van der Waals surface area (Å²) < 4.78 is 0. The SMILES string of the molecule is O=C(O)C1CNC2CCC1C2. The number of carboxylic acid groups (broad SMARTS) is 1. The number of fused-ring (bicyclic) bond motifs is 2. The van der Waals surface area contributed by atoms with Crippen LogP contribution in [-0.2, 0) is 4.79 Å². The van der Waals surface area contributed by atoms with Crippen LogP contribution in [0.1, 0.15) is 19.3 Å². The maximum Gasteiger partial charge on any atom is 0.308 e. The predicted molar refractivity (Wildman–Crippen MR) is 40.3 cm³/mol. The van der Waals surface area contributed by atoms with Crippen molar-refractivity contribution < 1.29 is 9.90 Å². The molecule has 0 spiro atoms. The monoisotopic (exact) mass is 155 g/mol. The molecule has 1 aliphatic carbocycles. The molecule has 0 aromatic rings. The average Bonchev–Trinajstić information content (AvgIpc) is 2.32. The Balaban J connectivity index is 2.07. The van der Waals surface area contributed by atoms with E-state index >= 15 is 0 Å². The van der Waals surface area contributed by atoms with E-state index in [4.69, 9.17) is 5.11 Å². The van der Waals surface area contributed by atoms with Crippen LogP contribution in [0.3, 0.4) is 0 Å². The topological polar surface area (TPSA) is 49.3 Å². The van der Waals surface area contributed by atoms with Gasteiger partial charge < -0.3 is 10.4 Å². The molecule has 62 valence electrons. The molecule has 2 N–H and O–H groups in total. The van der Waals surface area contributed by atoms with E-state index in [0.717, 1.165) is 12.8 Å². The molecule has 3 heteroatoms. The van der Waals surface area contributed by atoms with E-state index in [0.29, 0.717) is 18.5 Å². The van der Waals surface area contributed by atoms with Crippen molar-refractivity contribution in [3.63, 3.8) is 0 Å². The van der Waals surface area contributed by atoms with Gasteiger partial charge in [-0.3, -0.25) is 4.79 Å². The van der Waals surface area contributed by atoms with Crippen LogP contribution in [0.25, 0.3) is 0 Å². The molecule has 2 bridgehead atoms. The lowest BCUT2D eigenvalue weighted by Crippen LogP contribution is -2.41. The van der Waals surface area contributed by atoms with Crippen LogP contribution in [0, 0.1) is 11.8 Å². The molecule has 1 heterocycles. The summed E-state index contributed by atoms with van der Waals surface area (Å²) in [4.78, 5) is 10.7. The highest BCUT2D eigenvalue weighted by atomic mass is 16.4. The molecule has 1 aliphatic heterocycles. The summed E-state index contributed by atoms with van der Waals surface area (Å²) in [5.41, 5.74) is 0. The molecular weight excluding hydrogens is 142 g/mol. The molecule has 1 saturated carbocycles. The quantitative estimate of drug-likeness (QED) is 0.578. The summed E-state index contributed by atoms with van der Waals surface area (Å²) in [5, 5.41) is 12.1. The third-order valence-electron chi connectivity index (χ3n) is 2.99. The van der Waals surface area contributed by atoms with Gasteiger partial charge in [0.05, 0.1) is 5.92 Å². The predicted octanol–water partition coefficient (Wildman–Crippen LogP) is 0.459. The molecule has 0 aromatic heterocycles. The highest BCUT2D eigenvalue weighted by Gasteiger charge is 2.38. The molecule has 2 fully saturated rings. The van der Waals surface area contributed by atoms with Gasteiger partial charge >= 0.3 is 5.97 Å². The van der Waals surface area contributed by atoms with Crippen molar-refractivity contribution in [1.29, 1.82) is 0 Å². The first-order chi connectivity index (χ1) is 5.27. The third-order valence-corrected chi connectivity index (χ3v) is 2.99. The minimum absolute atomic E-state index is 0.117. The van der Waals surface area contributed by atoms with Crippen LogP contribution < -0.4 is 5.32 Å². The fraction of sp³-hybridized carbons (Fsp3) is 0.875. The number of nitrogens with one attached hydrogen (secondary N) is 1. The minimum atomic E-state index is -0.622. The van der Waals surface area contributed by atoms with Gasteiger partial charge in [0.15, 0.2) is 0 Å². The Morgan fingerprint density at radius 3 is 3.00 bits per heavy atom. The second-order valence-electron chi connectivity index (χ2n) is 3.62. The second-order valence-corrected chi connectivity index (χ2v) is 3.62. The second kappa shape index (κ2) is 2.48. The number of carboxylic acids is 1. The van der Waals surface area contributed by atoms with Gasteiger partial charge in [0.25, 0.3) is 0 Å². The zero-order valence-electron chi connectivity index (χ0n) is 6.42. The number of piperidine rings is 1. The Hall–Kier alpha value is -0.570. The Morgan fingerprint density at radius 1 is 1.45 bits per heavy atom. The van der Waals surface area contributed by atoms with Gasteiger partial charge in [-0.15, -0.1) is 0 Å². The zero-order chi connectivity index (χ0) is 7.84. The van der Waals surface area contributed by atoms with Crippen LogP contribution in [0.5, 0.6) is 0 Å². The molecule has 3 nitrogen and oxygen atoms in total.